The van der Waals surface area contributed by atoms with E-state index in [1.54, 1.807) is 10.8 Å². The lowest BCUT2D eigenvalue weighted by Crippen LogP contribution is -2.47. The Bertz CT molecular complexity index is 1140. The second kappa shape index (κ2) is 9.67. The van der Waals surface area contributed by atoms with Gasteiger partial charge in [-0.3, -0.25) is 9.36 Å². The molecular weight excluding hydrogens is 408 g/mol. The Kier molecular flexibility index (Phi) is 6.53. The first-order valence-corrected chi connectivity index (χ1v) is 11.0. The number of amides is 2. The zero-order valence-corrected chi connectivity index (χ0v) is 18.4. The van der Waals surface area contributed by atoms with Gasteiger partial charge in [-0.15, -0.1) is 0 Å². The maximum Gasteiger partial charge on any atom is 0.319 e. The van der Waals surface area contributed by atoms with Crippen LogP contribution in [-0.4, -0.2) is 46.3 Å². The van der Waals surface area contributed by atoms with Gasteiger partial charge in [0.05, 0.1) is 6.61 Å². The van der Waals surface area contributed by atoms with Crippen LogP contribution in [0.2, 0.25) is 0 Å². The van der Waals surface area contributed by atoms with E-state index in [1.165, 1.54) is 0 Å². The third kappa shape index (κ3) is 4.66. The molecule has 4 rings (SSSR count). The summed E-state index contributed by atoms with van der Waals surface area (Å²) in [7, 11) is 0. The number of benzene rings is 1. The quantitative estimate of drug-likeness (QED) is 0.616. The summed E-state index contributed by atoms with van der Waals surface area (Å²) in [6, 6.07) is 10.8. The highest BCUT2D eigenvalue weighted by atomic mass is 16.5. The smallest absolute Gasteiger partial charge is 0.319 e. The fourth-order valence-electron chi connectivity index (χ4n) is 3.95. The zero-order chi connectivity index (χ0) is 22.5. The van der Waals surface area contributed by atoms with Gasteiger partial charge in [0, 0.05) is 37.6 Å². The van der Waals surface area contributed by atoms with E-state index in [9.17, 15) is 9.59 Å². The fraction of sp³-hybridized carbons (Fsp3) is 0.391. The molecule has 2 aromatic heterocycles. The number of ether oxygens (including phenoxy) is 1. The van der Waals surface area contributed by atoms with Crippen molar-refractivity contribution in [3.8, 4) is 5.75 Å². The summed E-state index contributed by atoms with van der Waals surface area (Å²) in [5, 5.41) is 5.88. The normalized spacial score (nSPS) is 14.4. The molecule has 0 radical (unpaired) electrons. The lowest BCUT2D eigenvalue weighted by atomic mass is 10.1. The van der Waals surface area contributed by atoms with Gasteiger partial charge in [-0.1, -0.05) is 0 Å². The van der Waals surface area contributed by atoms with Crippen molar-refractivity contribution in [2.45, 2.75) is 39.3 Å². The lowest BCUT2D eigenvalue weighted by Gasteiger charge is -2.33. The van der Waals surface area contributed by atoms with Crippen molar-refractivity contribution < 1.29 is 9.53 Å². The van der Waals surface area contributed by atoms with E-state index < -0.39 is 0 Å². The maximum absolute atomic E-state index is 13.0. The highest BCUT2D eigenvalue weighted by Gasteiger charge is 2.24. The number of piperidine rings is 1. The molecule has 3 heterocycles. The number of aromatic nitrogens is 3. The van der Waals surface area contributed by atoms with Gasteiger partial charge in [0.25, 0.3) is 5.56 Å². The van der Waals surface area contributed by atoms with Crippen molar-refractivity contribution in [3.63, 3.8) is 0 Å². The summed E-state index contributed by atoms with van der Waals surface area (Å²) in [5.41, 5.74) is 1.89. The summed E-state index contributed by atoms with van der Waals surface area (Å²) in [6.07, 6.45) is 3.13. The summed E-state index contributed by atoms with van der Waals surface area (Å²) in [4.78, 5) is 36.3. The molecule has 9 nitrogen and oxygen atoms in total. The Labute approximate surface area is 186 Å². The topological polar surface area (TPSA) is 101 Å². The number of nitrogens with one attached hydrogen (secondary N) is 2. The van der Waals surface area contributed by atoms with Crippen molar-refractivity contribution in [2.75, 3.05) is 29.9 Å². The molecule has 0 saturated carbocycles. The first-order valence-electron chi connectivity index (χ1n) is 11.0. The van der Waals surface area contributed by atoms with Gasteiger partial charge in [-0.05, 0) is 63.1 Å². The number of rotatable bonds is 6. The van der Waals surface area contributed by atoms with Crippen LogP contribution in [0.4, 0.5) is 16.3 Å². The van der Waals surface area contributed by atoms with E-state index in [0.717, 1.165) is 18.6 Å². The number of carbonyl (C=O) groups is 1. The number of urea groups is 1. The SMILES string of the molecule is CCOc1ccc(NC(=O)NC2CCN(c3nc4cccnc4n(CC)c3=O)CC2)cc1. The van der Waals surface area contributed by atoms with Crippen molar-refractivity contribution in [1.29, 1.82) is 0 Å². The van der Waals surface area contributed by atoms with Crippen molar-refractivity contribution in [3.05, 3.63) is 52.9 Å². The number of fused-ring (bicyclic) bond motifs is 1. The molecule has 0 aliphatic carbocycles. The summed E-state index contributed by atoms with van der Waals surface area (Å²) < 4.78 is 7.07. The highest BCUT2D eigenvalue weighted by molar-refractivity contribution is 5.89. The van der Waals surface area contributed by atoms with E-state index in [-0.39, 0.29) is 17.6 Å². The molecule has 2 amide bonds. The molecule has 9 heteroatoms. The largest absolute Gasteiger partial charge is 0.494 e. The van der Waals surface area contributed by atoms with Gasteiger partial charge < -0.3 is 20.3 Å². The third-order valence-corrected chi connectivity index (χ3v) is 5.55. The first-order chi connectivity index (χ1) is 15.6. The molecule has 32 heavy (non-hydrogen) atoms. The Balaban J connectivity index is 1.36. The summed E-state index contributed by atoms with van der Waals surface area (Å²) >= 11 is 0. The average molecular weight is 437 g/mol. The van der Waals surface area contributed by atoms with Crippen LogP contribution in [0.3, 0.4) is 0 Å². The Morgan fingerprint density at radius 2 is 1.91 bits per heavy atom. The van der Waals surface area contributed by atoms with Gasteiger partial charge in [-0.2, -0.15) is 0 Å². The fourth-order valence-corrected chi connectivity index (χ4v) is 3.95. The van der Waals surface area contributed by atoms with Crippen molar-refractivity contribution in [1.82, 2.24) is 19.9 Å². The van der Waals surface area contributed by atoms with E-state index in [0.29, 0.717) is 48.9 Å². The van der Waals surface area contributed by atoms with Gasteiger partial charge in [-0.25, -0.2) is 14.8 Å². The van der Waals surface area contributed by atoms with Gasteiger partial charge >= 0.3 is 6.03 Å². The van der Waals surface area contributed by atoms with Gasteiger partial charge in [0.1, 0.15) is 11.3 Å². The first kappa shape index (κ1) is 21.6. The molecule has 3 aromatic rings. The number of hydrogen-bond donors (Lipinski definition) is 2. The van der Waals surface area contributed by atoms with Crippen molar-refractivity contribution >= 4 is 28.7 Å². The Morgan fingerprint density at radius 3 is 2.59 bits per heavy atom. The number of pyridine rings is 1. The van der Waals surface area contributed by atoms with Crippen LogP contribution >= 0.6 is 0 Å². The molecule has 0 unspecified atom stereocenters. The summed E-state index contributed by atoms with van der Waals surface area (Å²) in [6.45, 7) is 6.28. The van der Waals surface area contributed by atoms with E-state index in [4.69, 9.17) is 4.74 Å². The predicted molar refractivity (Wildman–Crippen MR) is 124 cm³/mol. The minimum Gasteiger partial charge on any atom is -0.494 e. The number of hydrogen-bond acceptors (Lipinski definition) is 6. The van der Waals surface area contributed by atoms with Crippen LogP contribution in [0.5, 0.6) is 5.75 Å². The molecule has 1 saturated heterocycles. The van der Waals surface area contributed by atoms with E-state index in [2.05, 4.69) is 20.6 Å². The second-order valence-electron chi connectivity index (χ2n) is 7.65. The number of aryl methyl sites for hydroxylation is 1. The highest BCUT2D eigenvalue weighted by Crippen LogP contribution is 2.19. The van der Waals surface area contributed by atoms with Crippen LogP contribution in [0.1, 0.15) is 26.7 Å². The number of anilines is 2. The Morgan fingerprint density at radius 1 is 1.16 bits per heavy atom. The van der Waals surface area contributed by atoms with Gasteiger partial charge in [0.2, 0.25) is 0 Å². The maximum atomic E-state index is 13.0. The Hall–Kier alpha value is -3.62. The molecule has 0 atom stereocenters. The second-order valence-corrected chi connectivity index (χ2v) is 7.65. The molecule has 1 aliphatic rings. The van der Waals surface area contributed by atoms with E-state index >= 15 is 0 Å². The molecular formula is C23H28N6O3. The lowest BCUT2D eigenvalue weighted by molar-refractivity contribution is 0.246. The van der Waals surface area contributed by atoms with Crippen LogP contribution in [0, 0.1) is 0 Å². The summed E-state index contributed by atoms with van der Waals surface area (Å²) in [5.74, 6) is 1.22. The van der Waals surface area contributed by atoms with Crippen LogP contribution in [0.25, 0.3) is 11.2 Å². The monoisotopic (exact) mass is 436 g/mol. The average Bonchev–Trinajstić information content (AvgIpc) is 2.81. The molecule has 1 aliphatic heterocycles. The van der Waals surface area contributed by atoms with Crippen LogP contribution in [0.15, 0.2) is 47.4 Å². The molecule has 1 fully saturated rings. The molecule has 2 N–H and O–H groups in total. The number of nitrogens with zero attached hydrogens (tertiary/aromatic N) is 4. The predicted octanol–water partition coefficient (Wildman–Crippen LogP) is 3.00. The van der Waals surface area contributed by atoms with Crippen LogP contribution < -0.4 is 25.8 Å². The molecule has 1 aromatic carbocycles. The zero-order valence-electron chi connectivity index (χ0n) is 18.4. The molecule has 0 spiro atoms. The van der Waals surface area contributed by atoms with Crippen molar-refractivity contribution in [2.24, 2.45) is 0 Å². The minimum atomic E-state index is -0.240. The van der Waals surface area contributed by atoms with Gasteiger partial charge in [0.15, 0.2) is 11.5 Å². The molecule has 168 valence electrons. The third-order valence-electron chi connectivity index (χ3n) is 5.55. The minimum absolute atomic E-state index is 0.0319. The van der Waals surface area contributed by atoms with E-state index in [1.807, 2.05) is 55.1 Å². The number of carbonyl (C=O) groups excluding carboxylic acids is 1. The molecule has 0 bridgehead atoms. The van der Waals surface area contributed by atoms with Crippen LogP contribution in [-0.2, 0) is 6.54 Å². The standard InChI is InChI=1S/C23H28N6O3/c1-3-29-20-19(6-5-13-24-20)27-21(22(29)30)28-14-11-17(12-15-28)26-23(31)25-16-7-9-18(10-8-16)32-4-2/h5-10,13,17H,3-4,11-12,14-15H2,1-2H3,(H2,25,26,31).